The van der Waals surface area contributed by atoms with Gasteiger partial charge in [-0.15, -0.1) is 0 Å². The van der Waals surface area contributed by atoms with Crippen LogP contribution in [0, 0.1) is 0 Å². The first-order valence-electron chi connectivity index (χ1n) is 33.5. The molecule has 0 fully saturated rings. The van der Waals surface area contributed by atoms with E-state index in [1.165, 1.54) is 83.5 Å². The van der Waals surface area contributed by atoms with Crippen molar-refractivity contribution in [3.63, 3.8) is 0 Å². The van der Waals surface area contributed by atoms with E-state index in [4.69, 9.17) is 14.2 Å². The van der Waals surface area contributed by atoms with E-state index in [0.29, 0.717) is 19.3 Å². The minimum Gasteiger partial charge on any atom is -0.462 e. The van der Waals surface area contributed by atoms with Gasteiger partial charge in [0, 0.05) is 19.3 Å². The van der Waals surface area contributed by atoms with Gasteiger partial charge in [-0.05, 0) is 154 Å². The molecule has 1 atom stereocenters. The predicted molar refractivity (Wildman–Crippen MR) is 357 cm³/mol. The lowest BCUT2D eigenvalue weighted by Crippen LogP contribution is -2.30. The van der Waals surface area contributed by atoms with Crippen molar-refractivity contribution >= 4 is 17.9 Å². The average molecular weight is 1130 g/mol. The van der Waals surface area contributed by atoms with Crippen molar-refractivity contribution in [3.05, 3.63) is 158 Å². The van der Waals surface area contributed by atoms with Crippen LogP contribution in [0.1, 0.15) is 284 Å². The van der Waals surface area contributed by atoms with Gasteiger partial charge < -0.3 is 14.2 Å². The van der Waals surface area contributed by atoms with E-state index in [9.17, 15) is 14.4 Å². The molecule has 0 amide bonds. The van der Waals surface area contributed by atoms with Crippen molar-refractivity contribution in [2.45, 2.75) is 290 Å². The molecule has 0 aliphatic carbocycles. The van der Waals surface area contributed by atoms with Gasteiger partial charge in [-0.1, -0.05) is 269 Å². The van der Waals surface area contributed by atoms with Crippen LogP contribution >= 0.6 is 0 Å². The van der Waals surface area contributed by atoms with Gasteiger partial charge in [0.1, 0.15) is 13.2 Å². The molecule has 0 aromatic rings. The molecule has 0 aliphatic rings. The molecule has 0 N–H and O–H groups in total. The van der Waals surface area contributed by atoms with Gasteiger partial charge in [0.15, 0.2) is 6.10 Å². The first-order valence-corrected chi connectivity index (χ1v) is 33.5. The molecule has 0 aliphatic heterocycles. The van der Waals surface area contributed by atoms with Crippen LogP contribution in [0.15, 0.2) is 158 Å². The summed E-state index contributed by atoms with van der Waals surface area (Å²) in [6.07, 6.45) is 99.6. The van der Waals surface area contributed by atoms with Gasteiger partial charge in [0.05, 0.1) is 0 Å². The number of carbonyl (C=O) groups is 3. The van der Waals surface area contributed by atoms with Crippen LogP contribution in [0.25, 0.3) is 0 Å². The summed E-state index contributed by atoms with van der Waals surface area (Å²) in [4.78, 5) is 38.4. The van der Waals surface area contributed by atoms with Crippen molar-refractivity contribution in [2.24, 2.45) is 0 Å². The van der Waals surface area contributed by atoms with Gasteiger partial charge >= 0.3 is 17.9 Å². The fourth-order valence-corrected chi connectivity index (χ4v) is 8.73. The second kappa shape index (κ2) is 68.5. The minimum atomic E-state index is -0.819. The molecule has 0 saturated carbocycles. The Morgan fingerprint density at radius 2 is 0.476 bits per heavy atom. The Kier molecular flexibility index (Phi) is 64.4. The van der Waals surface area contributed by atoms with Crippen molar-refractivity contribution < 1.29 is 28.6 Å². The molecule has 0 saturated heterocycles. The Hall–Kier alpha value is -4.97. The lowest BCUT2D eigenvalue weighted by atomic mass is 10.1. The lowest BCUT2D eigenvalue weighted by molar-refractivity contribution is -0.167. The molecule has 0 rings (SSSR count). The maximum Gasteiger partial charge on any atom is 0.306 e. The van der Waals surface area contributed by atoms with Crippen LogP contribution in [-0.4, -0.2) is 37.2 Å². The van der Waals surface area contributed by atoms with Crippen molar-refractivity contribution in [1.82, 2.24) is 0 Å². The highest BCUT2D eigenvalue weighted by Gasteiger charge is 2.19. The SMILES string of the molecule is CC/C=C\C/C=C\C/C=C\C/C=C\C/C=C\C/C=C\C/C=C\C/C=C\CCCCC(=O)OCC(COC(=O)CCCCCCC/C=C\C/C=C\CCCCCC)OC(=O)CCCCCCCC/C=C\C/C=C\C/C=C\CCCCCCC. The predicted octanol–water partition coefficient (Wildman–Crippen LogP) is 23.3. The van der Waals surface area contributed by atoms with E-state index in [1.54, 1.807) is 0 Å². The summed E-state index contributed by atoms with van der Waals surface area (Å²) in [7, 11) is 0. The summed E-state index contributed by atoms with van der Waals surface area (Å²) in [5.74, 6) is -0.982. The summed E-state index contributed by atoms with van der Waals surface area (Å²) < 4.78 is 16.9. The molecular formula is C76H122O6. The minimum absolute atomic E-state index is 0.111. The number of allylic oxidation sites excluding steroid dienone is 26. The quantitative estimate of drug-likeness (QED) is 0.0261. The van der Waals surface area contributed by atoms with Crippen LogP contribution in [0.5, 0.6) is 0 Å². The summed E-state index contributed by atoms with van der Waals surface area (Å²) in [6, 6.07) is 0. The number of rotatable bonds is 59. The first-order chi connectivity index (χ1) is 40.5. The van der Waals surface area contributed by atoms with Gasteiger partial charge in [-0.2, -0.15) is 0 Å². The van der Waals surface area contributed by atoms with Gasteiger partial charge in [-0.3, -0.25) is 14.4 Å². The van der Waals surface area contributed by atoms with Crippen LogP contribution in [0.4, 0.5) is 0 Å². The number of esters is 3. The molecule has 0 spiro atoms. The molecule has 82 heavy (non-hydrogen) atoms. The largest absolute Gasteiger partial charge is 0.462 e. The third-order valence-electron chi connectivity index (χ3n) is 13.7. The third kappa shape index (κ3) is 65.8. The van der Waals surface area contributed by atoms with Crippen LogP contribution in [0.3, 0.4) is 0 Å². The van der Waals surface area contributed by atoms with Crippen LogP contribution in [0.2, 0.25) is 0 Å². The molecule has 0 heterocycles. The number of hydrogen-bond acceptors (Lipinski definition) is 6. The topological polar surface area (TPSA) is 78.9 Å². The Morgan fingerprint density at radius 3 is 0.780 bits per heavy atom. The third-order valence-corrected chi connectivity index (χ3v) is 13.7. The van der Waals surface area contributed by atoms with Crippen molar-refractivity contribution in [3.8, 4) is 0 Å². The molecule has 0 bridgehead atoms. The van der Waals surface area contributed by atoms with E-state index in [-0.39, 0.29) is 37.5 Å². The molecule has 6 nitrogen and oxygen atoms in total. The standard InChI is InChI=1S/C76H122O6/c1-4-7-10-13-16-19-22-25-28-31-33-35-36-37-38-39-40-42-43-45-48-51-54-57-60-63-66-69-75(78)81-72-73(71-80-74(77)68-65-62-59-56-53-50-47-30-27-24-21-18-15-12-9-6-3)82-76(79)70-67-64-61-58-55-52-49-46-44-41-34-32-29-26-23-20-17-14-11-8-5-2/h7,10,16,19,21,23-26,28,30,32-35,37-38,40,42,44-48,54,57,73H,4-6,8-9,11-15,17-18,20,22,27,29,31,36,39,41,43,49-53,55-56,58-72H2,1-3H3/b10-7-,19-16-,24-21-,26-23-,28-25-,34-32-,35-33-,38-37-,42-40-,46-44-,47-30-,48-45-,57-54-. The molecule has 6 heteroatoms. The Morgan fingerprint density at radius 1 is 0.256 bits per heavy atom. The van der Waals surface area contributed by atoms with Crippen molar-refractivity contribution in [2.75, 3.05) is 13.2 Å². The Bertz CT molecular complexity index is 1830. The van der Waals surface area contributed by atoms with E-state index >= 15 is 0 Å². The zero-order valence-corrected chi connectivity index (χ0v) is 52.9. The van der Waals surface area contributed by atoms with Gasteiger partial charge in [-0.25, -0.2) is 0 Å². The number of ether oxygens (including phenoxy) is 3. The van der Waals surface area contributed by atoms with Crippen molar-refractivity contribution in [1.29, 1.82) is 0 Å². The smallest absolute Gasteiger partial charge is 0.306 e. The molecule has 0 aromatic carbocycles. The van der Waals surface area contributed by atoms with E-state index < -0.39 is 6.10 Å². The van der Waals surface area contributed by atoms with E-state index in [1.807, 2.05) is 0 Å². The molecule has 1 unspecified atom stereocenters. The maximum atomic E-state index is 12.9. The highest BCUT2D eigenvalue weighted by molar-refractivity contribution is 5.71. The highest BCUT2D eigenvalue weighted by atomic mass is 16.6. The maximum absolute atomic E-state index is 12.9. The number of hydrogen-bond donors (Lipinski definition) is 0. The van der Waals surface area contributed by atoms with E-state index in [0.717, 1.165) is 154 Å². The Balaban J connectivity index is 4.53. The number of unbranched alkanes of at least 4 members (excludes halogenated alkanes) is 22. The summed E-state index contributed by atoms with van der Waals surface area (Å²) >= 11 is 0. The average Bonchev–Trinajstić information content (AvgIpc) is 3.47. The first kappa shape index (κ1) is 77.0. The summed E-state index contributed by atoms with van der Waals surface area (Å²) in [5, 5.41) is 0. The lowest BCUT2D eigenvalue weighted by Gasteiger charge is -2.18. The molecule has 462 valence electrons. The summed E-state index contributed by atoms with van der Waals surface area (Å²) in [6.45, 7) is 6.44. The van der Waals surface area contributed by atoms with Gasteiger partial charge in [0.25, 0.3) is 0 Å². The van der Waals surface area contributed by atoms with Crippen LogP contribution in [-0.2, 0) is 28.6 Å². The fraction of sp³-hybridized carbons (Fsp3) is 0.618. The zero-order valence-electron chi connectivity index (χ0n) is 52.9. The Labute approximate surface area is 505 Å². The monoisotopic (exact) mass is 1130 g/mol. The van der Waals surface area contributed by atoms with Gasteiger partial charge in [0.2, 0.25) is 0 Å². The highest BCUT2D eigenvalue weighted by Crippen LogP contribution is 2.14. The molecular weight excluding hydrogens is 1010 g/mol. The second-order valence-electron chi connectivity index (χ2n) is 21.6. The van der Waals surface area contributed by atoms with E-state index in [2.05, 4.69) is 179 Å². The zero-order chi connectivity index (χ0) is 59.2. The summed E-state index contributed by atoms with van der Waals surface area (Å²) in [5.41, 5.74) is 0. The normalized spacial score (nSPS) is 13.2. The number of carbonyl (C=O) groups excluding carboxylic acids is 3. The molecule has 0 aromatic heterocycles. The molecule has 0 radical (unpaired) electrons. The van der Waals surface area contributed by atoms with Crippen LogP contribution < -0.4 is 0 Å². The second-order valence-corrected chi connectivity index (χ2v) is 21.6. The fourth-order valence-electron chi connectivity index (χ4n) is 8.73.